The zero-order chi connectivity index (χ0) is 20.2. The molecule has 4 rings (SSSR count). The molecule has 9 heteroatoms. The summed E-state index contributed by atoms with van der Waals surface area (Å²) in [4.78, 5) is 19.3. The average Bonchev–Trinajstić information content (AvgIpc) is 2.77. The number of fused-ring (bicyclic) bond motifs is 1. The molecule has 0 aliphatic carbocycles. The van der Waals surface area contributed by atoms with Crippen LogP contribution in [0.25, 0.3) is 10.9 Å². The molecule has 1 aromatic heterocycles. The lowest BCUT2D eigenvalue weighted by atomic mass is 10.1. The van der Waals surface area contributed by atoms with Crippen molar-refractivity contribution in [1.29, 1.82) is 5.26 Å². The number of hydrogen-bond donors (Lipinski definition) is 2. The number of amides is 1. The van der Waals surface area contributed by atoms with Crippen molar-refractivity contribution in [3.8, 4) is 6.07 Å². The first kappa shape index (κ1) is 22.2. The summed E-state index contributed by atoms with van der Waals surface area (Å²) in [7, 11) is 0. The molecule has 0 spiro atoms. The van der Waals surface area contributed by atoms with Crippen molar-refractivity contribution >= 4 is 34.9 Å². The third-order valence-corrected chi connectivity index (χ3v) is 5.27. The lowest BCUT2D eigenvalue weighted by Gasteiger charge is -2.38. The number of ether oxygens (including phenoxy) is 2. The van der Waals surface area contributed by atoms with Gasteiger partial charge >= 0.3 is 0 Å². The molecule has 2 saturated heterocycles. The van der Waals surface area contributed by atoms with Crippen molar-refractivity contribution in [2.45, 2.75) is 25.2 Å². The third-order valence-electron chi connectivity index (χ3n) is 5.27. The minimum atomic E-state index is -0.572. The molecule has 0 saturated carbocycles. The number of carbonyl (C=O) groups excluding carboxylic acids is 1. The lowest BCUT2D eigenvalue weighted by Crippen LogP contribution is -2.54. The fraction of sp³-hybridized carbons (Fsp3) is 0.476. The third kappa shape index (κ3) is 4.82. The van der Waals surface area contributed by atoms with Gasteiger partial charge in [-0.1, -0.05) is 0 Å². The number of nitriles is 1. The molecule has 3 atom stereocenters. The first-order valence-corrected chi connectivity index (χ1v) is 9.94. The summed E-state index contributed by atoms with van der Waals surface area (Å²) in [5, 5.41) is 16.5. The summed E-state index contributed by atoms with van der Waals surface area (Å²) in [6, 6.07) is 9.73. The number of aromatic nitrogens is 1. The van der Waals surface area contributed by atoms with Crippen LogP contribution in [0.4, 0.5) is 5.69 Å². The Morgan fingerprint density at radius 3 is 3.03 bits per heavy atom. The number of anilines is 1. The zero-order valence-electron chi connectivity index (χ0n) is 16.8. The summed E-state index contributed by atoms with van der Waals surface area (Å²) in [5.41, 5.74) is 2.18. The standard InChI is InChI=1S/C21H25N5O3.ClH/c1-14-12-26(18-5-4-15(9-22)20-17(18)3-2-6-24-20)13-19(29-14)21(27)25-11-16-10-23-7-8-28-16;/h2-6,14,16,19,23H,7-8,10-13H2,1H3,(H,25,27);1H/t14-,16?,19-;/m1./s1. The number of carbonyl (C=O) groups is 1. The highest BCUT2D eigenvalue weighted by Gasteiger charge is 2.31. The molecule has 2 aliphatic rings. The number of pyridine rings is 1. The number of halogens is 1. The van der Waals surface area contributed by atoms with Crippen LogP contribution in [0.5, 0.6) is 0 Å². The maximum Gasteiger partial charge on any atom is 0.251 e. The summed E-state index contributed by atoms with van der Waals surface area (Å²) in [5.74, 6) is -0.133. The van der Waals surface area contributed by atoms with E-state index >= 15 is 0 Å². The van der Waals surface area contributed by atoms with Gasteiger partial charge in [-0.25, -0.2) is 0 Å². The van der Waals surface area contributed by atoms with Gasteiger partial charge in [0.05, 0.1) is 36.4 Å². The highest BCUT2D eigenvalue weighted by Crippen LogP contribution is 2.30. The van der Waals surface area contributed by atoms with Crippen LogP contribution >= 0.6 is 12.4 Å². The molecule has 2 aliphatic heterocycles. The molecular formula is C21H26ClN5O3. The Hall–Kier alpha value is -2.44. The van der Waals surface area contributed by atoms with Crippen LogP contribution in [0.3, 0.4) is 0 Å². The quantitative estimate of drug-likeness (QED) is 0.750. The van der Waals surface area contributed by atoms with Crippen LogP contribution in [0, 0.1) is 11.3 Å². The number of hydrogen-bond acceptors (Lipinski definition) is 7. The Labute approximate surface area is 181 Å². The van der Waals surface area contributed by atoms with E-state index in [1.165, 1.54) is 0 Å². The second kappa shape index (κ2) is 10.0. The molecule has 8 nitrogen and oxygen atoms in total. The molecule has 160 valence electrons. The Balaban J connectivity index is 0.00000256. The normalized spacial score (nSPS) is 24.0. The molecule has 1 amide bonds. The van der Waals surface area contributed by atoms with Gasteiger partial charge in [0.1, 0.15) is 6.07 Å². The van der Waals surface area contributed by atoms with Crippen molar-refractivity contribution in [3.63, 3.8) is 0 Å². The van der Waals surface area contributed by atoms with Gasteiger partial charge in [0.15, 0.2) is 6.10 Å². The van der Waals surface area contributed by atoms with Crippen LogP contribution in [0.15, 0.2) is 30.5 Å². The second-order valence-electron chi connectivity index (χ2n) is 7.43. The minimum Gasteiger partial charge on any atom is -0.374 e. The topological polar surface area (TPSA) is 99.5 Å². The molecule has 1 unspecified atom stereocenters. The number of nitrogens with zero attached hydrogens (tertiary/aromatic N) is 3. The van der Waals surface area contributed by atoms with Crippen molar-refractivity contribution in [2.24, 2.45) is 0 Å². The summed E-state index contributed by atoms with van der Waals surface area (Å²) in [6.07, 6.45) is 0.998. The summed E-state index contributed by atoms with van der Waals surface area (Å²) < 4.78 is 11.6. The second-order valence-corrected chi connectivity index (χ2v) is 7.43. The van der Waals surface area contributed by atoms with Crippen LogP contribution in [-0.2, 0) is 14.3 Å². The molecule has 2 fully saturated rings. The van der Waals surface area contributed by atoms with E-state index in [9.17, 15) is 10.1 Å². The van der Waals surface area contributed by atoms with Gasteiger partial charge in [0.2, 0.25) is 0 Å². The monoisotopic (exact) mass is 431 g/mol. The van der Waals surface area contributed by atoms with Crippen molar-refractivity contribution < 1.29 is 14.3 Å². The van der Waals surface area contributed by atoms with Crippen LogP contribution in [-0.4, -0.2) is 68.5 Å². The molecule has 2 N–H and O–H groups in total. The van der Waals surface area contributed by atoms with Crippen molar-refractivity contribution in [2.75, 3.05) is 44.2 Å². The highest BCUT2D eigenvalue weighted by atomic mass is 35.5. The Morgan fingerprint density at radius 1 is 1.40 bits per heavy atom. The van der Waals surface area contributed by atoms with E-state index in [1.54, 1.807) is 12.3 Å². The maximum absolute atomic E-state index is 12.7. The maximum atomic E-state index is 12.7. The van der Waals surface area contributed by atoms with E-state index in [1.807, 2.05) is 25.1 Å². The van der Waals surface area contributed by atoms with Gasteiger partial charge in [-0.15, -0.1) is 12.4 Å². The fourth-order valence-electron chi connectivity index (χ4n) is 3.90. The predicted molar refractivity (Wildman–Crippen MR) is 116 cm³/mol. The predicted octanol–water partition coefficient (Wildman–Crippen LogP) is 1.23. The lowest BCUT2D eigenvalue weighted by molar-refractivity contribution is -0.138. The molecule has 2 aromatic rings. The van der Waals surface area contributed by atoms with Gasteiger partial charge in [-0.2, -0.15) is 5.26 Å². The Kier molecular flexibility index (Phi) is 7.45. The van der Waals surface area contributed by atoms with E-state index in [0.717, 1.165) is 24.2 Å². The number of nitrogens with one attached hydrogen (secondary N) is 2. The summed E-state index contributed by atoms with van der Waals surface area (Å²) >= 11 is 0. The molecule has 30 heavy (non-hydrogen) atoms. The van der Waals surface area contributed by atoms with Crippen LogP contribution in [0.1, 0.15) is 12.5 Å². The molecule has 0 bridgehead atoms. The van der Waals surface area contributed by atoms with E-state index < -0.39 is 6.10 Å². The summed E-state index contributed by atoms with van der Waals surface area (Å²) in [6.45, 7) is 5.76. The van der Waals surface area contributed by atoms with Crippen molar-refractivity contribution in [1.82, 2.24) is 15.6 Å². The smallest absolute Gasteiger partial charge is 0.251 e. The number of rotatable bonds is 4. The molecule has 0 radical (unpaired) electrons. The fourth-order valence-corrected chi connectivity index (χ4v) is 3.90. The van der Waals surface area contributed by atoms with E-state index in [-0.39, 0.29) is 30.5 Å². The first-order valence-electron chi connectivity index (χ1n) is 9.94. The molecule has 3 heterocycles. The minimum absolute atomic E-state index is 0. The largest absolute Gasteiger partial charge is 0.374 e. The van der Waals surface area contributed by atoms with E-state index in [4.69, 9.17) is 9.47 Å². The van der Waals surface area contributed by atoms with Gasteiger partial charge in [-0.05, 0) is 31.2 Å². The average molecular weight is 432 g/mol. The van der Waals surface area contributed by atoms with Gasteiger partial charge in [0.25, 0.3) is 5.91 Å². The number of benzene rings is 1. The van der Waals surface area contributed by atoms with Crippen molar-refractivity contribution in [3.05, 3.63) is 36.0 Å². The SMILES string of the molecule is C[C@@H]1CN(c2ccc(C#N)c3ncccc23)C[C@H](C(=O)NCC2CNCCO2)O1.Cl. The van der Waals surface area contributed by atoms with Crippen LogP contribution < -0.4 is 15.5 Å². The molecular weight excluding hydrogens is 406 g/mol. The van der Waals surface area contributed by atoms with Gasteiger partial charge in [0, 0.05) is 43.4 Å². The van der Waals surface area contributed by atoms with E-state index in [0.29, 0.717) is 37.3 Å². The zero-order valence-corrected chi connectivity index (χ0v) is 17.7. The van der Waals surface area contributed by atoms with Gasteiger partial charge < -0.3 is 25.0 Å². The van der Waals surface area contributed by atoms with Crippen LogP contribution in [0.2, 0.25) is 0 Å². The first-order chi connectivity index (χ1) is 14.2. The molecule has 1 aromatic carbocycles. The number of morpholine rings is 2. The highest BCUT2D eigenvalue weighted by molar-refractivity contribution is 5.95. The Bertz CT molecular complexity index is 928. The Morgan fingerprint density at radius 2 is 2.27 bits per heavy atom. The van der Waals surface area contributed by atoms with Gasteiger partial charge in [-0.3, -0.25) is 9.78 Å². The van der Waals surface area contributed by atoms with E-state index in [2.05, 4.69) is 26.6 Å².